The summed E-state index contributed by atoms with van der Waals surface area (Å²) in [6, 6.07) is 9.77. The van der Waals surface area contributed by atoms with Gasteiger partial charge in [0.1, 0.15) is 17.3 Å². The number of rotatable bonds is 5. The number of amides is 3. The number of fused-ring (bicyclic) bond motifs is 1. The molecule has 3 N–H and O–H groups in total. The second-order valence-corrected chi connectivity index (χ2v) is 8.79. The zero-order chi connectivity index (χ0) is 25.4. The Balaban J connectivity index is 1.65. The van der Waals surface area contributed by atoms with Crippen LogP contribution in [-0.4, -0.2) is 29.0 Å². The van der Waals surface area contributed by atoms with Gasteiger partial charge in [-0.25, -0.2) is 23.5 Å². The van der Waals surface area contributed by atoms with E-state index in [2.05, 4.69) is 25.9 Å². The minimum Gasteiger partial charge on any atom is -0.357 e. The molecule has 0 fully saturated rings. The van der Waals surface area contributed by atoms with E-state index in [0.29, 0.717) is 28.1 Å². The number of aromatic nitrogens is 2. The van der Waals surface area contributed by atoms with Gasteiger partial charge in [-0.15, -0.1) is 0 Å². The van der Waals surface area contributed by atoms with Crippen LogP contribution in [0.25, 0.3) is 11.3 Å². The van der Waals surface area contributed by atoms with Crippen molar-refractivity contribution >= 4 is 46.4 Å². The number of anilines is 4. The minimum absolute atomic E-state index is 0.0466. The first-order valence-corrected chi connectivity index (χ1v) is 11.9. The summed E-state index contributed by atoms with van der Waals surface area (Å²) in [6.07, 6.45) is 0. The maximum absolute atomic E-state index is 14.7. The zero-order valence-electron chi connectivity index (χ0n) is 19.2. The van der Waals surface area contributed by atoms with Gasteiger partial charge >= 0.3 is 6.03 Å². The monoisotopic (exact) mass is 506 g/mol. The molecule has 1 aliphatic heterocycles. The number of halogens is 2. The number of para-hydroxylation sites is 1. The smallest absolute Gasteiger partial charge is 0.328 e. The lowest BCUT2D eigenvalue weighted by Crippen LogP contribution is -2.43. The Morgan fingerprint density at radius 2 is 1.92 bits per heavy atom. The largest absolute Gasteiger partial charge is 0.357 e. The summed E-state index contributed by atoms with van der Waals surface area (Å²) in [7, 11) is 1.60. The number of aryl methyl sites for hydroxylation is 1. The number of nitrogens with zero attached hydrogens (tertiary/aromatic N) is 3. The average Bonchev–Trinajstić information content (AvgIpc) is 3.41. The molecule has 0 radical (unpaired) electrons. The summed E-state index contributed by atoms with van der Waals surface area (Å²) in [5.41, 5.74) is 2.99. The first-order chi connectivity index (χ1) is 17.4. The summed E-state index contributed by atoms with van der Waals surface area (Å²) in [5, 5.41) is 12.0. The van der Waals surface area contributed by atoms with Crippen molar-refractivity contribution in [2.75, 3.05) is 22.6 Å². The molecule has 36 heavy (non-hydrogen) atoms. The van der Waals surface area contributed by atoms with E-state index in [-0.39, 0.29) is 24.2 Å². The van der Waals surface area contributed by atoms with E-state index in [1.54, 1.807) is 30.6 Å². The first-order valence-electron chi connectivity index (χ1n) is 10.9. The fraction of sp³-hybridized carbons (Fsp3) is 0.120. The highest BCUT2D eigenvalue weighted by Crippen LogP contribution is 2.39. The summed E-state index contributed by atoms with van der Waals surface area (Å²) < 4.78 is 29.4. The molecular formula is C25H20F2N6O2S. The molecule has 182 valence electrons. The maximum atomic E-state index is 14.7. The minimum atomic E-state index is -0.904. The number of benzene rings is 2. The standard InChI is InChI=1S/C25H20F2N6O2S/c1-13-6-7-15(30-23(34)14-8-9-36-12-14)10-16(13)20-17-11-29-25(35)33(22(17)32-24(28-2)31-20)21-18(26)4-3-5-19(21)27/h3-10,12H,11H2,1-2H3,(H,29,35)(H,30,34)(H,28,31,32). The molecule has 0 saturated carbocycles. The molecule has 0 aliphatic carbocycles. The van der Waals surface area contributed by atoms with Gasteiger partial charge in [0.25, 0.3) is 5.91 Å². The maximum Gasteiger partial charge on any atom is 0.328 e. The van der Waals surface area contributed by atoms with Crippen molar-refractivity contribution < 1.29 is 18.4 Å². The van der Waals surface area contributed by atoms with Gasteiger partial charge in [0.15, 0.2) is 5.82 Å². The lowest BCUT2D eigenvalue weighted by atomic mass is 9.99. The molecule has 0 saturated heterocycles. The van der Waals surface area contributed by atoms with E-state index in [0.717, 1.165) is 22.6 Å². The van der Waals surface area contributed by atoms with Crippen LogP contribution >= 0.6 is 11.3 Å². The first kappa shape index (κ1) is 23.4. The molecule has 8 nitrogen and oxygen atoms in total. The average molecular weight is 507 g/mol. The molecule has 2 aromatic heterocycles. The number of carbonyl (C=O) groups is 2. The predicted octanol–water partition coefficient (Wildman–Crippen LogP) is 5.45. The van der Waals surface area contributed by atoms with Crippen molar-refractivity contribution in [3.05, 3.63) is 81.5 Å². The molecule has 2 aromatic carbocycles. The second-order valence-electron chi connectivity index (χ2n) is 8.01. The van der Waals surface area contributed by atoms with Crippen LogP contribution in [0.3, 0.4) is 0 Å². The van der Waals surface area contributed by atoms with Crippen LogP contribution in [0.1, 0.15) is 21.5 Å². The highest BCUT2D eigenvalue weighted by Gasteiger charge is 2.34. The van der Waals surface area contributed by atoms with Gasteiger partial charge in [0, 0.05) is 29.2 Å². The molecule has 0 unspecified atom stereocenters. The predicted molar refractivity (Wildman–Crippen MR) is 135 cm³/mol. The third kappa shape index (κ3) is 4.13. The number of carbonyl (C=O) groups excluding carboxylic acids is 2. The molecule has 4 aromatic rings. The van der Waals surface area contributed by atoms with E-state index < -0.39 is 23.4 Å². The lowest BCUT2D eigenvalue weighted by molar-refractivity contribution is 0.102. The SMILES string of the molecule is CNc1nc(-c2cc(NC(=O)c3ccsc3)ccc2C)c2c(n1)N(c1c(F)cccc1F)C(=O)NC2. The Bertz CT molecular complexity index is 1470. The van der Waals surface area contributed by atoms with Gasteiger partial charge in [-0.3, -0.25) is 4.79 Å². The third-order valence-corrected chi connectivity index (χ3v) is 6.42. The Morgan fingerprint density at radius 3 is 2.61 bits per heavy atom. The fourth-order valence-corrected chi connectivity index (χ4v) is 4.59. The van der Waals surface area contributed by atoms with Crippen LogP contribution < -0.4 is 20.9 Å². The van der Waals surface area contributed by atoms with Gasteiger partial charge < -0.3 is 16.0 Å². The molecule has 3 amide bonds. The molecular weight excluding hydrogens is 486 g/mol. The van der Waals surface area contributed by atoms with E-state index in [4.69, 9.17) is 0 Å². The Labute approximate surface area is 209 Å². The number of hydrogen-bond acceptors (Lipinski definition) is 6. The van der Waals surface area contributed by atoms with Gasteiger partial charge in [-0.05, 0) is 48.2 Å². The van der Waals surface area contributed by atoms with E-state index in [1.807, 2.05) is 18.4 Å². The summed E-state index contributed by atoms with van der Waals surface area (Å²) in [6.45, 7) is 1.92. The van der Waals surface area contributed by atoms with Crippen molar-refractivity contribution in [2.45, 2.75) is 13.5 Å². The van der Waals surface area contributed by atoms with E-state index in [1.165, 1.54) is 17.4 Å². The van der Waals surface area contributed by atoms with Gasteiger partial charge in [0.2, 0.25) is 5.95 Å². The molecule has 11 heteroatoms. The van der Waals surface area contributed by atoms with Crippen molar-refractivity contribution in [1.82, 2.24) is 15.3 Å². The van der Waals surface area contributed by atoms with Crippen LogP contribution in [0.2, 0.25) is 0 Å². The number of nitrogens with one attached hydrogen (secondary N) is 3. The molecule has 3 heterocycles. The topological polar surface area (TPSA) is 99.2 Å². The van der Waals surface area contributed by atoms with Crippen molar-refractivity contribution in [1.29, 1.82) is 0 Å². The highest BCUT2D eigenvalue weighted by molar-refractivity contribution is 7.08. The van der Waals surface area contributed by atoms with Crippen LogP contribution in [0.15, 0.2) is 53.2 Å². The molecule has 1 aliphatic rings. The lowest BCUT2D eigenvalue weighted by Gasteiger charge is -2.31. The van der Waals surface area contributed by atoms with E-state index >= 15 is 0 Å². The normalized spacial score (nSPS) is 12.7. The summed E-state index contributed by atoms with van der Waals surface area (Å²) in [5.74, 6) is -1.84. The zero-order valence-corrected chi connectivity index (χ0v) is 20.0. The molecule has 0 atom stereocenters. The number of hydrogen-bond donors (Lipinski definition) is 3. The van der Waals surface area contributed by atoms with Crippen LogP contribution in [-0.2, 0) is 6.54 Å². The van der Waals surface area contributed by atoms with Gasteiger partial charge in [-0.2, -0.15) is 16.3 Å². The number of urea groups is 1. The van der Waals surface area contributed by atoms with Crippen LogP contribution in [0, 0.1) is 18.6 Å². The van der Waals surface area contributed by atoms with Crippen LogP contribution in [0.4, 0.5) is 36.7 Å². The van der Waals surface area contributed by atoms with Crippen molar-refractivity contribution in [2.24, 2.45) is 0 Å². The second kappa shape index (κ2) is 9.34. The molecule has 0 spiro atoms. The van der Waals surface area contributed by atoms with Crippen molar-refractivity contribution in [3.8, 4) is 11.3 Å². The van der Waals surface area contributed by atoms with E-state index in [9.17, 15) is 18.4 Å². The quantitative estimate of drug-likeness (QED) is 0.335. The highest BCUT2D eigenvalue weighted by atomic mass is 32.1. The van der Waals surface area contributed by atoms with Crippen LogP contribution in [0.5, 0.6) is 0 Å². The molecule has 0 bridgehead atoms. The number of thiophene rings is 1. The van der Waals surface area contributed by atoms with Crippen molar-refractivity contribution in [3.63, 3.8) is 0 Å². The third-order valence-electron chi connectivity index (χ3n) is 5.74. The Hall–Kier alpha value is -4.38. The fourth-order valence-electron chi connectivity index (χ4n) is 3.96. The molecule has 5 rings (SSSR count). The summed E-state index contributed by atoms with van der Waals surface area (Å²) >= 11 is 1.42. The van der Waals surface area contributed by atoms with Gasteiger partial charge in [0.05, 0.1) is 17.8 Å². The summed E-state index contributed by atoms with van der Waals surface area (Å²) in [4.78, 5) is 35.3. The van der Waals surface area contributed by atoms with Gasteiger partial charge in [-0.1, -0.05) is 12.1 Å². The Kier molecular flexibility index (Phi) is 6.06. The Morgan fingerprint density at radius 1 is 1.14 bits per heavy atom.